The van der Waals surface area contributed by atoms with Gasteiger partial charge in [0.2, 0.25) is 0 Å². The molecule has 0 unspecified atom stereocenters. The summed E-state index contributed by atoms with van der Waals surface area (Å²) in [4.78, 5) is 4.13. The van der Waals surface area contributed by atoms with Crippen molar-refractivity contribution in [1.82, 2.24) is 24.5 Å². The monoisotopic (exact) mass is 340 g/mol. The van der Waals surface area contributed by atoms with Crippen molar-refractivity contribution in [2.75, 3.05) is 4.72 Å². The molecule has 0 saturated heterocycles. The zero-order valence-electron chi connectivity index (χ0n) is 12.1. The van der Waals surface area contributed by atoms with Crippen LogP contribution in [0.1, 0.15) is 5.69 Å². The molecule has 0 bridgehead atoms. The van der Waals surface area contributed by atoms with Crippen molar-refractivity contribution in [3.8, 4) is 0 Å². The Kier molecular flexibility index (Phi) is 3.33. The maximum Gasteiger partial charge on any atom is 0.266 e. The summed E-state index contributed by atoms with van der Waals surface area (Å²) >= 11 is 6.04. The second-order valence-corrected chi connectivity index (χ2v) is 6.78. The van der Waals surface area contributed by atoms with Crippen molar-refractivity contribution < 1.29 is 8.42 Å². The number of hydrogen-bond acceptors (Lipinski definition) is 5. The van der Waals surface area contributed by atoms with Gasteiger partial charge in [0, 0.05) is 20.3 Å². The van der Waals surface area contributed by atoms with Crippen LogP contribution in [-0.2, 0) is 24.1 Å². The summed E-state index contributed by atoms with van der Waals surface area (Å²) in [5.41, 5.74) is 1.29. The fraction of sp³-hybridized carbons (Fsp3) is 0.250. The molecule has 0 amide bonds. The van der Waals surface area contributed by atoms with Gasteiger partial charge in [-0.15, -0.1) is 0 Å². The highest BCUT2D eigenvalue weighted by atomic mass is 35.5. The van der Waals surface area contributed by atoms with Gasteiger partial charge in [-0.05, 0) is 13.0 Å². The fourth-order valence-electron chi connectivity index (χ4n) is 2.25. The van der Waals surface area contributed by atoms with E-state index in [1.165, 1.54) is 10.9 Å². The first kappa shape index (κ1) is 14.8. The van der Waals surface area contributed by atoms with Gasteiger partial charge in [-0.1, -0.05) is 11.6 Å². The quantitative estimate of drug-likeness (QED) is 0.779. The lowest BCUT2D eigenvalue weighted by molar-refractivity contribution is 0.600. The minimum Gasteiger partial charge on any atom is -0.279 e. The molecule has 3 heterocycles. The predicted molar refractivity (Wildman–Crippen MR) is 82.3 cm³/mol. The molecule has 1 N–H and O–H groups in total. The van der Waals surface area contributed by atoms with Crippen LogP contribution in [0.4, 0.5) is 5.69 Å². The maximum absolute atomic E-state index is 12.6. The number of nitrogens with one attached hydrogen (secondary N) is 1. The van der Waals surface area contributed by atoms with Crippen LogP contribution in [-0.4, -0.2) is 33.0 Å². The molecule has 0 radical (unpaired) electrons. The number of aryl methyl sites for hydroxylation is 3. The zero-order valence-corrected chi connectivity index (χ0v) is 13.6. The Morgan fingerprint density at radius 2 is 2.00 bits per heavy atom. The molecule has 8 nitrogen and oxygen atoms in total. The number of nitrogens with zero attached hydrogens (tertiary/aromatic N) is 5. The summed E-state index contributed by atoms with van der Waals surface area (Å²) < 4.78 is 30.6. The van der Waals surface area contributed by atoms with Gasteiger partial charge in [0.1, 0.15) is 10.0 Å². The molecule has 0 saturated carbocycles. The number of aromatic nitrogens is 5. The summed E-state index contributed by atoms with van der Waals surface area (Å²) in [6.07, 6.45) is 3.07. The van der Waals surface area contributed by atoms with Gasteiger partial charge in [-0.25, -0.2) is 13.4 Å². The fourth-order valence-corrected chi connectivity index (χ4v) is 4.08. The largest absolute Gasteiger partial charge is 0.279 e. The van der Waals surface area contributed by atoms with Gasteiger partial charge in [-0.2, -0.15) is 10.2 Å². The molecular formula is C12H13ClN6O2S. The number of sulfonamides is 1. The van der Waals surface area contributed by atoms with Crippen LogP contribution in [0, 0.1) is 6.92 Å². The second-order valence-electron chi connectivity index (χ2n) is 4.80. The standard InChI is InChI=1S/C12H13ClN6O2S/c1-7-10(11(13)18(2)16-7)22(20,21)17-9-4-5-14-12-8(9)6-15-19(12)3/h4-6H,1-3H3,(H,14,17). The van der Waals surface area contributed by atoms with Crippen molar-refractivity contribution in [2.24, 2.45) is 14.1 Å². The highest BCUT2D eigenvalue weighted by molar-refractivity contribution is 7.93. The lowest BCUT2D eigenvalue weighted by atomic mass is 10.3. The first-order chi connectivity index (χ1) is 10.3. The predicted octanol–water partition coefficient (Wildman–Crippen LogP) is 1.46. The Morgan fingerprint density at radius 1 is 1.27 bits per heavy atom. The molecule has 0 aliphatic rings. The molecular weight excluding hydrogens is 328 g/mol. The Balaban J connectivity index is 2.11. The van der Waals surface area contributed by atoms with E-state index in [9.17, 15) is 8.42 Å². The number of anilines is 1. The molecule has 116 valence electrons. The molecule has 0 aliphatic carbocycles. The number of rotatable bonds is 3. The van der Waals surface area contributed by atoms with E-state index in [0.29, 0.717) is 22.4 Å². The van der Waals surface area contributed by atoms with Crippen molar-refractivity contribution >= 4 is 38.3 Å². The van der Waals surface area contributed by atoms with Gasteiger partial charge in [0.15, 0.2) is 5.65 Å². The van der Waals surface area contributed by atoms with Crippen LogP contribution in [0.15, 0.2) is 23.4 Å². The van der Waals surface area contributed by atoms with E-state index in [0.717, 1.165) is 0 Å². The summed E-state index contributed by atoms with van der Waals surface area (Å²) in [6.45, 7) is 1.59. The van der Waals surface area contributed by atoms with Gasteiger partial charge in [0.25, 0.3) is 10.0 Å². The van der Waals surface area contributed by atoms with E-state index in [1.807, 2.05) is 0 Å². The van der Waals surface area contributed by atoms with Crippen molar-refractivity contribution in [1.29, 1.82) is 0 Å². The molecule has 0 aliphatic heterocycles. The highest BCUT2D eigenvalue weighted by Gasteiger charge is 2.26. The molecule has 0 fully saturated rings. The smallest absolute Gasteiger partial charge is 0.266 e. The molecule has 0 atom stereocenters. The van der Waals surface area contributed by atoms with E-state index >= 15 is 0 Å². The van der Waals surface area contributed by atoms with Crippen LogP contribution in [0.3, 0.4) is 0 Å². The average Bonchev–Trinajstić information content (AvgIpc) is 2.92. The summed E-state index contributed by atoms with van der Waals surface area (Å²) in [5.74, 6) is 0. The third-order valence-electron chi connectivity index (χ3n) is 3.25. The second kappa shape index (κ2) is 4.96. The molecule has 3 aromatic heterocycles. The number of halogens is 1. The third kappa shape index (κ3) is 2.22. The van der Waals surface area contributed by atoms with Gasteiger partial charge in [0.05, 0.1) is 23.0 Å². The minimum atomic E-state index is -3.87. The summed E-state index contributed by atoms with van der Waals surface area (Å²) in [6, 6.07) is 1.57. The minimum absolute atomic E-state index is 0.0366. The Hall–Kier alpha value is -2.13. The van der Waals surface area contributed by atoms with E-state index in [2.05, 4.69) is 19.9 Å². The lowest BCUT2D eigenvalue weighted by Gasteiger charge is -2.08. The molecule has 3 aromatic rings. The van der Waals surface area contributed by atoms with Crippen molar-refractivity contribution in [3.05, 3.63) is 29.3 Å². The van der Waals surface area contributed by atoms with Crippen LogP contribution in [0.2, 0.25) is 5.15 Å². The Morgan fingerprint density at radius 3 is 2.64 bits per heavy atom. The lowest BCUT2D eigenvalue weighted by Crippen LogP contribution is -2.14. The molecule has 10 heteroatoms. The van der Waals surface area contributed by atoms with Crippen molar-refractivity contribution in [2.45, 2.75) is 11.8 Å². The van der Waals surface area contributed by atoms with Gasteiger partial charge < -0.3 is 0 Å². The van der Waals surface area contributed by atoms with Crippen LogP contribution >= 0.6 is 11.6 Å². The molecule has 3 rings (SSSR count). The topological polar surface area (TPSA) is 94.7 Å². The van der Waals surface area contributed by atoms with Crippen LogP contribution in [0.5, 0.6) is 0 Å². The first-order valence-electron chi connectivity index (χ1n) is 6.30. The van der Waals surface area contributed by atoms with E-state index in [1.54, 1.807) is 38.0 Å². The third-order valence-corrected chi connectivity index (χ3v) is 5.31. The Bertz CT molecular complexity index is 975. The maximum atomic E-state index is 12.6. The summed E-state index contributed by atoms with van der Waals surface area (Å²) in [5, 5.41) is 8.76. The Labute approximate surface area is 131 Å². The van der Waals surface area contributed by atoms with Gasteiger partial charge in [-0.3, -0.25) is 14.1 Å². The summed E-state index contributed by atoms with van der Waals surface area (Å²) in [7, 11) is -0.551. The molecule has 0 aromatic carbocycles. The first-order valence-corrected chi connectivity index (χ1v) is 8.16. The van der Waals surface area contributed by atoms with Crippen molar-refractivity contribution in [3.63, 3.8) is 0 Å². The number of fused-ring (bicyclic) bond motifs is 1. The number of hydrogen-bond donors (Lipinski definition) is 1. The van der Waals surface area contributed by atoms with Crippen LogP contribution in [0.25, 0.3) is 11.0 Å². The van der Waals surface area contributed by atoms with E-state index in [4.69, 9.17) is 11.6 Å². The van der Waals surface area contributed by atoms with E-state index < -0.39 is 10.0 Å². The average molecular weight is 341 g/mol. The van der Waals surface area contributed by atoms with Gasteiger partial charge >= 0.3 is 0 Å². The molecule has 22 heavy (non-hydrogen) atoms. The SMILES string of the molecule is Cc1nn(C)c(Cl)c1S(=O)(=O)Nc1ccnc2c1cnn2C. The molecule has 0 spiro atoms. The highest BCUT2D eigenvalue weighted by Crippen LogP contribution is 2.28. The van der Waals surface area contributed by atoms with E-state index in [-0.39, 0.29) is 10.0 Å². The van der Waals surface area contributed by atoms with Crippen LogP contribution < -0.4 is 4.72 Å². The normalized spacial score (nSPS) is 12.0. The number of pyridine rings is 1. The zero-order chi connectivity index (χ0) is 16.1.